The van der Waals surface area contributed by atoms with Crippen LogP contribution in [0.1, 0.15) is 32.6 Å². The number of carbonyl (C=O) groups is 2. The molecule has 6 nitrogen and oxygen atoms in total. The van der Waals surface area contributed by atoms with Crippen LogP contribution in [0.5, 0.6) is 0 Å². The Labute approximate surface area is 133 Å². The van der Waals surface area contributed by atoms with Crippen LogP contribution in [0.2, 0.25) is 5.82 Å². The van der Waals surface area contributed by atoms with Crippen molar-refractivity contribution < 1.29 is 18.9 Å². The Morgan fingerprint density at radius 3 is 1.95 bits per heavy atom. The van der Waals surface area contributed by atoms with Crippen LogP contribution in [0.4, 0.5) is 0 Å². The van der Waals surface area contributed by atoms with Gasteiger partial charge in [-0.2, -0.15) is 0 Å². The number of hydrogen-bond acceptors (Lipinski definition) is 4. The minimum atomic E-state index is -0.831. The summed E-state index contributed by atoms with van der Waals surface area (Å²) in [5, 5.41) is 0. The lowest BCUT2D eigenvalue weighted by Crippen LogP contribution is -2.47. The summed E-state index contributed by atoms with van der Waals surface area (Å²) < 4.78 is 11.7. The Balaban J connectivity index is 2.02. The van der Waals surface area contributed by atoms with E-state index >= 15 is 0 Å². The second-order valence-electron chi connectivity index (χ2n) is 6.75. The highest BCUT2D eigenvalue weighted by Gasteiger charge is 2.57. The van der Waals surface area contributed by atoms with Crippen LogP contribution in [-0.4, -0.2) is 69.1 Å². The highest BCUT2D eigenvalue weighted by atomic mass is 16.7. The number of nitrogens with zero attached hydrogens (tertiary/aromatic N) is 2. The van der Waals surface area contributed by atoms with Gasteiger partial charge in [-0.25, -0.2) is 0 Å². The molecule has 22 heavy (non-hydrogen) atoms. The lowest BCUT2D eigenvalue weighted by Gasteiger charge is -2.22. The zero-order valence-corrected chi connectivity index (χ0v) is 14.2. The fourth-order valence-electron chi connectivity index (χ4n) is 2.95. The molecule has 2 amide bonds. The van der Waals surface area contributed by atoms with Crippen molar-refractivity contribution in [2.75, 3.05) is 28.2 Å². The fraction of sp³-hybridized carbons (Fsp3) is 0.867. The Hall–Kier alpha value is -1.08. The number of carbonyl (C=O) groups excluding carboxylic acids is 2. The van der Waals surface area contributed by atoms with Crippen molar-refractivity contribution in [3.63, 3.8) is 0 Å². The third-order valence-corrected chi connectivity index (χ3v) is 4.46. The lowest BCUT2D eigenvalue weighted by atomic mass is 9.80. The number of unbranched alkanes of at least 4 members (excludes halogenated alkanes) is 1. The SMILES string of the molecule is CCCC[C@@H]1C[C@H]1B1O[C@@H](C(=O)N(C)C)[C@H](C(=O)N(C)C)O1. The van der Waals surface area contributed by atoms with Gasteiger partial charge in [-0.15, -0.1) is 0 Å². The van der Waals surface area contributed by atoms with Gasteiger partial charge in [0.25, 0.3) is 11.8 Å². The Kier molecular flexibility index (Phi) is 5.50. The van der Waals surface area contributed by atoms with Gasteiger partial charge in [0.15, 0.2) is 12.2 Å². The largest absolute Gasteiger partial charge is 0.461 e. The first kappa shape index (κ1) is 17.3. The molecule has 1 aliphatic carbocycles. The monoisotopic (exact) mass is 310 g/mol. The maximum absolute atomic E-state index is 12.3. The molecule has 1 saturated heterocycles. The van der Waals surface area contributed by atoms with E-state index in [2.05, 4.69) is 6.92 Å². The van der Waals surface area contributed by atoms with Crippen LogP contribution in [-0.2, 0) is 18.9 Å². The van der Waals surface area contributed by atoms with Crippen molar-refractivity contribution in [3.8, 4) is 0 Å². The van der Waals surface area contributed by atoms with E-state index in [0.717, 1.165) is 6.42 Å². The van der Waals surface area contributed by atoms with Crippen LogP contribution in [0.25, 0.3) is 0 Å². The molecule has 2 fully saturated rings. The van der Waals surface area contributed by atoms with Crippen molar-refractivity contribution in [3.05, 3.63) is 0 Å². The first-order valence-electron chi connectivity index (χ1n) is 8.10. The second kappa shape index (κ2) is 7.00. The van der Waals surface area contributed by atoms with Gasteiger partial charge < -0.3 is 19.1 Å². The van der Waals surface area contributed by atoms with Gasteiger partial charge in [-0.05, 0) is 18.2 Å². The molecular weight excluding hydrogens is 283 g/mol. The smallest absolute Gasteiger partial charge is 0.396 e. The van der Waals surface area contributed by atoms with Crippen LogP contribution in [0.3, 0.4) is 0 Å². The summed E-state index contributed by atoms with van der Waals surface area (Å²) in [6.45, 7) is 2.18. The van der Waals surface area contributed by atoms with Crippen LogP contribution >= 0.6 is 0 Å². The number of likely N-dealkylation sites (N-methyl/N-ethyl adjacent to an activating group) is 2. The van der Waals surface area contributed by atoms with Gasteiger partial charge in [-0.1, -0.05) is 26.2 Å². The minimum Gasteiger partial charge on any atom is -0.396 e. The number of rotatable bonds is 6. The Morgan fingerprint density at radius 2 is 1.55 bits per heavy atom. The number of amides is 2. The Morgan fingerprint density at radius 1 is 1.05 bits per heavy atom. The topological polar surface area (TPSA) is 59.1 Å². The average molecular weight is 310 g/mol. The third-order valence-electron chi connectivity index (χ3n) is 4.46. The molecule has 4 atom stereocenters. The molecule has 2 aliphatic rings. The quantitative estimate of drug-likeness (QED) is 0.687. The van der Waals surface area contributed by atoms with Crippen LogP contribution in [0, 0.1) is 5.92 Å². The predicted octanol–water partition coefficient (Wildman–Crippen LogP) is 1.02. The molecule has 0 aromatic heterocycles. The maximum Gasteiger partial charge on any atom is 0.461 e. The highest BCUT2D eigenvalue weighted by molar-refractivity contribution is 6.49. The standard InChI is InChI=1S/C15H27BN2O4/c1-6-7-8-10-9-11(10)16-21-12(14(19)17(2)3)13(22-16)15(20)18(4)5/h10-13H,6-9H2,1-5H3/t10-,11-,12-,13-/m1/s1. The summed E-state index contributed by atoms with van der Waals surface area (Å²) >= 11 is 0. The molecule has 0 aromatic carbocycles. The summed E-state index contributed by atoms with van der Waals surface area (Å²) in [4.78, 5) is 27.5. The Bertz CT molecular complexity index is 402. The average Bonchev–Trinajstić information content (AvgIpc) is 3.12. The van der Waals surface area contributed by atoms with E-state index in [1.54, 1.807) is 28.2 Å². The molecule has 0 radical (unpaired) electrons. The molecule has 0 spiro atoms. The van der Waals surface area contributed by atoms with Gasteiger partial charge in [0, 0.05) is 28.2 Å². The molecule has 124 valence electrons. The van der Waals surface area contributed by atoms with Gasteiger partial charge in [-0.3, -0.25) is 9.59 Å². The first-order chi connectivity index (χ1) is 10.4. The van der Waals surface area contributed by atoms with Crippen molar-refractivity contribution >= 4 is 18.9 Å². The normalized spacial score (nSPS) is 30.3. The van der Waals surface area contributed by atoms with Gasteiger partial charge in [0.1, 0.15) is 0 Å². The molecule has 0 N–H and O–H groups in total. The van der Waals surface area contributed by atoms with Crippen molar-refractivity contribution in [2.24, 2.45) is 5.92 Å². The lowest BCUT2D eigenvalue weighted by molar-refractivity contribution is -0.146. The highest BCUT2D eigenvalue weighted by Crippen LogP contribution is 2.52. The predicted molar refractivity (Wildman–Crippen MR) is 84.3 cm³/mol. The summed E-state index contributed by atoms with van der Waals surface area (Å²) in [7, 11) is 6.23. The van der Waals surface area contributed by atoms with E-state index in [1.807, 2.05) is 0 Å². The van der Waals surface area contributed by atoms with Crippen molar-refractivity contribution in [1.29, 1.82) is 0 Å². The van der Waals surface area contributed by atoms with E-state index in [9.17, 15) is 9.59 Å². The first-order valence-corrected chi connectivity index (χ1v) is 8.10. The maximum atomic E-state index is 12.3. The molecular formula is C15H27BN2O4. The molecule has 7 heteroatoms. The van der Waals surface area contributed by atoms with E-state index in [4.69, 9.17) is 9.31 Å². The number of hydrogen-bond donors (Lipinski definition) is 0. The summed E-state index contributed by atoms with van der Waals surface area (Å²) in [5.41, 5.74) is 0. The van der Waals surface area contributed by atoms with Crippen molar-refractivity contribution in [1.82, 2.24) is 9.80 Å². The molecule has 1 saturated carbocycles. The van der Waals surface area contributed by atoms with Crippen molar-refractivity contribution in [2.45, 2.75) is 50.6 Å². The van der Waals surface area contributed by atoms with Crippen LogP contribution in [0.15, 0.2) is 0 Å². The summed E-state index contributed by atoms with van der Waals surface area (Å²) in [5.74, 6) is 0.499. The van der Waals surface area contributed by atoms with Crippen LogP contribution < -0.4 is 0 Å². The zero-order valence-electron chi connectivity index (χ0n) is 14.2. The van der Waals surface area contributed by atoms with E-state index < -0.39 is 19.3 Å². The van der Waals surface area contributed by atoms with E-state index in [1.165, 1.54) is 29.1 Å². The molecule has 0 aromatic rings. The van der Waals surface area contributed by atoms with Gasteiger partial charge in [0.05, 0.1) is 0 Å². The fourth-order valence-corrected chi connectivity index (χ4v) is 2.95. The van der Waals surface area contributed by atoms with E-state index in [-0.39, 0.29) is 11.8 Å². The molecule has 1 aliphatic heterocycles. The second-order valence-corrected chi connectivity index (χ2v) is 6.75. The zero-order chi connectivity index (χ0) is 16.4. The molecule has 0 unspecified atom stereocenters. The summed E-state index contributed by atoms with van der Waals surface area (Å²) in [6, 6.07) is 0. The molecule has 1 heterocycles. The summed E-state index contributed by atoms with van der Waals surface area (Å²) in [6.07, 6.45) is 2.96. The van der Waals surface area contributed by atoms with Gasteiger partial charge in [0.2, 0.25) is 0 Å². The molecule has 2 rings (SSSR count). The molecule has 0 bridgehead atoms. The van der Waals surface area contributed by atoms with E-state index in [0.29, 0.717) is 11.7 Å². The van der Waals surface area contributed by atoms with Gasteiger partial charge >= 0.3 is 7.12 Å². The minimum absolute atomic E-state index is 0.214. The third kappa shape index (κ3) is 3.63.